The molecule has 0 aliphatic heterocycles. The molecule has 0 saturated heterocycles. The Hall–Kier alpha value is -2.44. The summed E-state index contributed by atoms with van der Waals surface area (Å²) < 4.78 is 26.9. The van der Waals surface area contributed by atoms with Gasteiger partial charge in [0, 0.05) is 17.6 Å². The Balaban J connectivity index is 1.63. The number of sulfonamides is 1. The highest BCUT2D eigenvalue weighted by Crippen LogP contribution is 2.13. The van der Waals surface area contributed by atoms with Crippen molar-refractivity contribution in [2.45, 2.75) is 26.3 Å². The van der Waals surface area contributed by atoms with Crippen LogP contribution in [0.15, 0.2) is 59.4 Å². The summed E-state index contributed by atoms with van der Waals surface area (Å²) in [5.74, 6) is 0.0342. The summed E-state index contributed by atoms with van der Waals surface area (Å²) in [6, 6.07) is 17.3. The van der Waals surface area contributed by atoms with E-state index in [4.69, 9.17) is 0 Å². The molecule has 1 heterocycles. The molecule has 0 aliphatic carbocycles. The van der Waals surface area contributed by atoms with Crippen LogP contribution in [0.25, 0.3) is 10.9 Å². The fraction of sp³-hybridized carbons (Fsp3) is 0.250. The zero-order valence-corrected chi connectivity index (χ0v) is 15.5. The number of H-pyrrole nitrogens is 1. The quantitative estimate of drug-likeness (QED) is 0.671. The first-order valence-electron chi connectivity index (χ1n) is 8.57. The molecule has 3 aromatic rings. The molecule has 6 heteroatoms. The number of hydrogen-bond acceptors (Lipinski definition) is 3. The molecular formula is C20H22N2O3S. The van der Waals surface area contributed by atoms with E-state index in [9.17, 15) is 13.2 Å². The van der Waals surface area contributed by atoms with Crippen LogP contribution in [0.1, 0.15) is 23.1 Å². The Morgan fingerprint density at radius 2 is 1.81 bits per heavy atom. The molecule has 0 amide bonds. The predicted octanol–water partition coefficient (Wildman–Crippen LogP) is 2.89. The first kappa shape index (κ1) is 18.4. The summed E-state index contributed by atoms with van der Waals surface area (Å²) in [6.07, 6.45) is 1.24. The van der Waals surface area contributed by atoms with Gasteiger partial charge in [0.05, 0.1) is 5.75 Å². The van der Waals surface area contributed by atoms with Gasteiger partial charge in [0.2, 0.25) is 10.0 Å². The molecule has 2 N–H and O–H groups in total. The van der Waals surface area contributed by atoms with Gasteiger partial charge in [-0.1, -0.05) is 42.0 Å². The van der Waals surface area contributed by atoms with Crippen LogP contribution >= 0.6 is 0 Å². The number of rotatable bonds is 7. The molecule has 26 heavy (non-hydrogen) atoms. The lowest BCUT2D eigenvalue weighted by molar-refractivity contribution is 0.578. The molecule has 0 fully saturated rings. The van der Waals surface area contributed by atoms with Gasteiger partial charge < -0.3 is 4.98 Å². The second-order valence-electron chi connectivity index (χ2n) is 6.44. The minimum absolute atomic E-state index is 0.00706. The maximum Gasteiger partial charge on any atom is 0.252 e. The van der Waals surface area contributed by atoms with Gasteiger partial charge in [-0.25, -0.2) is 13.1 Å². The molecular weight excluding hydrogens is 348 g/mol. The first-order chi connectivity index (χ1) is 12.4. The molecule has 0 atom stereocenters. The third-order valence-electron chi connectivity index (χ3n) is 4.28. The van der Waals surface area contributed by atoms with Gasteiger partial charge in [0.25, 0.3) is 5.56 Å². The third-order valence-corrected chi connectivity index (χ3v) is 5.69. The molecule has 0 saturated carbocycles. The highest BCUT2D eigenvalue weighted by molar-refractivity contribution is 7.89. The summed E-state index contributed by atoms with van der Waals surface area (Å²) >= 11 is 0. The molecule has 0 radical (unpaired) electrons. The SMILES string of the molecule is Cc1ccc2[nH]c(=O)c(CNS(=O)(=O)CCCc3ccccc3)cc2c1. The zero-order valence-electron chi connectivity index (χ0n) is 14.7. The lowest BCUT2D eigenvalue weighted by Gasteiger charge is -2.08. The van der Waals surface area contributed by atoms with Crippen molar-refractivity contribution in [3.05, 3.63) is 81.6 Å². The van der Waals surface area contributed by atoms with Crippen molar-refractivity contribution >= 4 is 20.9 Å². The van der Waals surface area contributed by atoms with Crippen molar-refractivity contribution in [3.8, 4) is 0 Å². The van der Waals surface area contributed by atoms with Crippen molar-refractivity contribution in [1.29, 1.82) is 0 Å². The average molecular weight is 370 g/mol. The van der Waals surface area contributed by atoms with Gasteiger partial charge >= 0.3 is 0 Å². The van der Waals surface area contributed by atoms with Crippen molar-refractivity contribution in [3.63, 3.8) is 0 Å². The molecule has 0 aliphatic rings. The Kier molecular flexibility index (Phi) is 5.54. The number of nitrogens with one attached hydrogen (secondary N) is 2. The summed E-state index contributed by atoms with van der Waals surface area (Å²) in [5, 5.41) is 0.892. The number of hydrogen-bond donors (Lipinski definition) is 2. The van der Waals surface area contributed by atoms with Gasteiger partial charge in [-0.05, 0) is 48.9 Å². The molecule has 1 aromatic heterocycles. The topological polar surface area (TPSA) is 79.0 Å². The molecule has 5 nitrogen and oxygen atoms in total. The van der Waals surface area contributed by atoms with Crippen molar-refractivity contribution in [1.82, 2.24) is 9.71 Å². The molecule has 136 valence electrons. The summed E-state index contributed by atoms with van der Waals surface area (Å²) in [6.45, 7) is 1.96. The number of fused-ring (bicyclic) bond motifs is 1. The van der Waals surface area contributed by atoms with Gasteiger partial charge in [-0.15, -0.1) is 0 Å². The zero-order chi connectivity index (χ0) is 18.6. The van der Waals surface area contributed by atoms with E-state index < -0.39 is 10.0 Å². The minimum atomic E-state index is -3.43. The van der Waals surface area contributed by atoms with E-state index in [0.717, 1.165) is 22.0 Å². The highest BCUT2D eigenvalue weighted by atomic mass is 32.2. The molecule has 0 bridgehead atoms. The van der Waals surface area contributed by atoms with E-state index in [0.29, 0.717) is 18.4 Å². The van der Waals surface area contributed by atoms with Crippen LogP contribution < -0.4 is 10.3 Å². The Labute approximate surface area is 153 Å². The third kappa shape index (κ3) is 4.80. The maximum atomic E-state index is 12.2. The predicted molar refractivity (Wildman–Crippen MR) is 105 cm³/mol. The Morgan fingerprint density at radius 1 is 1.04 bits per heavy atom. The number of pyridine rings is 1. The van der Waals surface area contributed by atoms with Crippen molar-refractivity contribution < 1.29 is 8.42 Å². The van der Waals surface area contributed by atoms with Crippen molar-refractivity contribution in [2.75, 3.05) is 5.75 Å². The van der Waals surface area contributed by atoms with E-state index in [1.807, 2.05) is 55.5 Å². The van der Waals surface area contributed by atoms with E-state index in [2.05, 4.69) is 9.71 Å². The highest BCUT2D eigenvalue weighted by Gasteiger charge is 2.12. The van der Waals surface area contributed by atoms with E-state index in [-0.39, 0.29) is 17.9 Å². The summed E-state index contributed by atoms with van der Waals surface area (Å²) in [7, 11) is -3.43. The summed E-state index contributed by atoms with van der Waals surface area (Å²) in [5.41, 5.74) is 3.08. The largest absolute Gasteiger partial charge is 0.322 e. The van der Waals surface area contributed by atoms with Gasteiger partial charge in [-0.3, -0.25) is 4.79 Å². The molecule has 0 spiro atoms. The van der Waals surface area contributed by atoms with Gasteiger partial charge in [0.1, 0.15) is 0 Å². The van der Waals surface area contributed by atoms with Crippen LogP contribution in [0, 0.1) is 6.92 Å². The first-order valence-corrected chi connectivity index (χ1v) is 10.2. The summed E-state index contributed by atoms with van der Waals surface area (Å²) in [4.78, 5) is 14.9. The van der Waals surface area contributed by atoms with Crippen molar-refractivity contribution in [2.24, 2.45) is 0 Å². The number of benzene rings is 2. The van der Waals surface area contributed by atoms with Gasteiger partial charge in [-0.2, -0.15) is 0 Å². The maximum absolute atomic E-state index is 12.2. The van der Waals surface area contributed by atoms with Gasteiger partial charge in [0.15, 0.2) is 0 Å². The molecule has 3 rings (SSSR count). The number of aromatic nitrogens is 1. The second kappa shape index (κ2) is 7.85. The lowest BCUT2D eigenvalue weighted by Crippen LogP contribution is -2.29. The van der Waals surface area contributed by atoms with E-state index in [1.165, 1.54) is 0 Å². The standard InChI is InChI=1S/C20H22N2O3S/c1-15-9-10-19-17(12-15)13-18(20(23)22-19)14-21-26(24,25)11-5-8-16-6-3-2-4-7-16/h2-4,6-7,9-10,12-13,21H,5,8,11,14H2,1H3,(H,22,23). The fourth-order valence-corrected chi connectivity index (χ4v) is 3.92. The van der Waals surface area contributed by atoms with Crippen LogP contribution in [0.2, 0.25) is 0 Å². The Morgan fingerprint density at radius 3 is 2.58 bits per heavy atom. The lowest BCUT2D eigenvalue weighted by atomic mass is 10.1. The average Bonchev–Trinajstić information content (AvgIpc) is 2.61. The van der Waals surface area contributed by atoms with Crippen LogP contribution in [0.5, 0.6) is 0 Å². The van der Waals surface area contributed by atoms with Crippen LogP contribution in [-0.2, 0) is 23.0 Å². The second-order valence-corrected chi connectivity index (χ2v) is 8.37. The van der Waals surface area contributed by atoms with Crippen LogP contribution in [0.4, 0.5) is 0 Å². The van der Waals surface area contributed by atoms with E-state index >= 15 is 0 Å². The molecule has 0 unspecified atom stereocenters. The number of aromatic amines is 1. The number of aryl methyl sites for hydroxylation is 2. The van der Waals surface area contributed by atoms with Crippen LogP contribution in [0.3, 0.4) is 0 Å². The Bertz CT molecular complexity index is 1060. The van der Waals surface area contributed by atoms with E-state index in [1.54, 1.807) is 6.07 Å². The molecule has 2 aromatic carbocycles. The smallest absolute Gasteiger partial charge is 0.252 e. The monoisotopic (exact) mass is 370 g/mol. The fourth-order valence-electron chi connectivity index (χ4n) is 2.87. The minimum Gasteiger partial charge on any atom is -0.322 e. The normalized spacial score (nSPS) is 11.7. The van der Waals surface area contributed by atoms with Crippen LogP contribution in [-0.4, -0.2) is 19.2 Å².